The number of rotatable bonds is 4. The highest BCUT2D eigenvalue weighted by Gasteiger charge is 2.33. The maximum Gasteiger partial charge on any atom is 0.274 e. The van der Waals surface area contributed by atoms with Gasteiger partial charge in [-0.05, 0) is 42.3 Å². The Morgan fingerprint density at radius 2 is 1.64 bits per heavy atom. The van der Waals surface area contributed by atoms with Gasteiger partial charge in [0.25, 0.3) is 5.91 Å². The molecule has 4 rings (SSSR count). The summed E-state index contributed by atoms with van der Waals surface area (Å²) in [5, 5.41) is 6.35. The van der Waals surface area contributed by atoms with Gasteiger partial charge in [0.05, 0.1) is 18.9 Å². The number of hydrogen-bond donors (Lipinski definition) is 0. The van der Waals surface area contributed by atoms with Crippen molar-refractivity contribution in [3.05, 3.63) is 101 Å². The van der Waals surface area contributed by atoms with Gasteiger partial charge in [-0.15, -0.1) is 0 Å². The second kappa shape index (κ2) is 7.69. The third-order valence-electron chi connectivity index (χ3n) is 5.02. The second-order valence-electron chi connectivity index (χ2n) is 6.92. The number of methoxy groups -OCH3 is 1. The van der Waals surface area contributed by atoms with Crippen LogP contribution in [-0.4, -0.2) is 23.7 Å². The molecule has 0 aromatic heterocycles. The van der Waals surface area contributed by atoms with Crippen molar-refractivity contribution in [3.63, 3.8) is 0 Å². The van der Waals surface area contributed by atoms with E-state index in [0.717, 1.165) is 28.2 Å². The Hall–Kier alpha value is -3.40. The van der Waals surface area contributed by atoms with Gasteiger partial charge in [-0.1, -0.05) is 60.2 Å². The number of hydrogen-bond acceptors (Lipinski definition) is 3. The summed E-state index contributed by atoms with van der Waals surface area (Å²) in [4.78, 5) is 13.2. The van der Waals surface area contributed by atoms with Crippen LogP contribution >= 0.6 is 0 Å². The minimum absolute atomic E-state index is 0.0910. The van der Waals surface area contributed by atoms with Gasteiger partial charge in [-0.25, -0.2) is 5.01 Å². The molecule has 1 amide bonds. The van der Waals surface area contributed by atoms with Crippen LogP contribution in [0.3, 0.4) is 0 Å². The average Bonchev–Trinajstić information content (AvgIpc) is 3.20. The molecule has 3 aromatic carbocycles. The highest BCUT2D eigenvalue weighted by molar-refractivity contribution is 6.05. The SMILES string of the molecule is COc1ccc([C@H]2CC(c3ccccc3)=NN2C(=O)c2ccc(C)cc2)cc1. The summed E-state index contributed by atoms with van der Waals surface area (Å²) in [5.74, 6) is 0.703. The largest absolute Gasteiger partial charge is 0.497 e. The Morgan fingerprint density at radius 3 is 2.29 bits per heavy atom. The van der Waals surface area contributed by atoms with Gasteiger partial charge in [0.2, 0.25) is 0 Å². The van der Waals surface area contributed by atoms with E-state index in [1.54, 1.807) is 12.1 Å². The predicted octanol–water partition coefficient (Wildman–Crippen LogP) is 5.00. The first kappa shape index (κ1) is 18.0. The molecule has 28 heavy (non-hydrogen) atoms. The van der Waals surface area contributed by atoms with Crippen molar-refractivity contribution in [1.82, 2.24) is 5.01 Å². The van der Waals surface area contributed by atoms with Crippen LogP contribution in [0.4, 0.5) is 0 Å². The van der Waals surface area contributed by atoms with Crippen LogP contribution < -0.4 is 4.74 Å². The molecule has 0 spiro atoms. The second-order valence-corrected chi connectivity index (χ2v) is 6.92. The molecular formula is C24H22N2O2. The Bertz CT molecular complexity index is 993. The zero-order valence-electron chi connectivity index (χ0n) is 16.0. The molecule has 1 aliphatic heterocycles. The molecule has 0 unspecified atom stereocenters. The van der Waals surface area contributed by atoms with Gasteiger partial charge in [0.15, 0.2) is 0 Å². The molecule has 4 heteroatoms. The Kier molecular flexibility index (Phi) is 4.94. The van der Waals surface area contributed by atoms with E-state index in [0.29, 0.717) is 12.0 Å². The molecule has 0 saturated heterocycles. The van der Waals surface area contributed by atoms with E-state index in [1.165, 1.54) is 0 Å². The zero-order chi connectivity index (χ0) is 19.5. The fourth-order valence-corrected chi connectivity index (χ4v) is 3.42. The summed E-state index contributed by atoms with van der Waals surface area (Å²) in [6, 6.07) is 25.4. The third-order valence-corrected chi connectivity index (χ3v) is 5.02. The first-order valence-electron chi connectivity index (χ1n) is 9.33. The van der Waals surface area contributed by atoms with Gasteiger partial charge < -0.3 is 4.74 Å². The van der Waals surface area contributed by atoms with E-state index >= 15 is 0 Å². The number of carbonyl (C=O) groups excluding carboxylic acids is 1. The molecule has 4 nitrogen and oxygen atoms in total. The van der Waals surface area contributed by atoms with Crippen molar-refractivity contribution in [2.45, 2.75) is 19.4 Å². The van der Waals surface area contributed by atoms with E-state index in [9.17, 15) is 4.79 Å². The Morgan fingerprint density at radius 1 is 0.964 bits per heavy atom. The fourth-order valence-electron chi connectivity index (χ4n) is 3.42. The van der Waals surface area contributed by atoms with Crippen molar-refractivity contribution >= 4 is 11.6 Å². The number of hydrazone groups is 1. The molecule has 1 heterocycles. The van der Waals surface area contributed by atoms with Gasteiger partial charge in [0, 0.05) is 12.0 Å². The van der Waals surface area contributed by atoms with Crippen LogP contribution in [0.1, 0.15) is 39.5 Å². The van der Waals surface area contributed by atoms with E-state index in [2.05, 4.69) is 0 Å². The van der Waals surface area contributed by atoms with Crippen molar-refractivity contribution in [3.8, 4) is 5.75 Å². The summed E-state index contributed by atoms with van der Waals surface area (Å²) < 4.78 is 5.27. The first-order valence-corrected chi connectivity index (χ1v) is 9.33. The number of ether oxygens (including phenoxy) is 1. The van der Waals surface area contributed by atoms with Crippen molar-refractivity contribution in [1.29, 1.82) is 0 Å². The van der Waals surface area contributed by atoms with Crippen molar-refractivity contribution in [2.24, 2.45) is 5.10 Å². The van der Waals surface area contributed by atoms with Crippen LogP contribution in [0.15, 0.2) is 84.0 Å². The topological polar surface area (TPSA) is 41.9 Å². The van der Waals surface area contributed by atoms with Crippen LogP contribution in [0, 0.1) is 6.92 Å². The van der Waals surface area contributed by atoms with Crippen molar-refractivity contribution < 1.29 is 9.53 Å². The van der Waals surface area contributed by atoms with Gasteiger partial charge in [-0.3, -0.25) is 4.79 Å². The lowest BCUT2D eigenvalue weighted by atomic mass is 9.98. The molecule has 3 aromatic rings. The molecule has 140 valence electrons. The van der Waals surface area contributed by atoms with Crippen LogP contribution in [0.25, 0.3) is 0 Å². The van der Waals surface area contributed by atoms with Crippen LogP contribution in [0.2, 0.25) is 0 Å². The molecule has 1 atom stereocenters. The average molecular weight is 370 g/mol. The molecular weight excluding hydrogens is 348 g/mol. The number of amides is 1. The maximum absolute atomic E-state index is 13.2. The lowest BCUT2D eigenvalue weighted by Crippen LogP contribution is -2.27. The lowest BCUT2D eigenvalue weighted by Gasteiger charge is -2.22. The van der Waals surface area contributed by atoms with Crippen LogP contribution in [-0.2, 0) is 0 Å². The molecule has 1 aliphatic rings. The Labute approximate surface area is 165 Å². The number of benzene rings is 3. The summed E-state index contributed by atoms with van der Waals surface area (Å²) in [6.07, 6.45) is 0.675. The molecule has 0 N–H and O–H groups in total. The molecule has 0 radical (unpaired) electrons. The van der Waals surface area contributed by atoms with E-state index in [-0.39, 0.29) is 11.9 Å². The third kappa shape index (κ3) is 3.54. The Balaban J connectivity index is 1.71. The molecule has 0 bridgehead atoms. The normalized spacial score (nSPS) is 16.0. The summed E-state index contributed by atoms with van der Waals surface area (Å²) in [7, 11) is 1.65. The smallest absolute Gasteiger partial charge is 0.274 e. The minimum Gasteiger partial charge on any atom is -0.497 e. The van der Waals surface area contributed by atoms with E-state index < -0.39 is 0 Å². The van der Waals surface area contributed by atoms with Gasteiger partial charge in [0.1, 0.15) is 5.75 Å². The summed E-state index contributed by atoms with van der Waals surface area (Å²) in [5.41, 5.74) is 4.76. The van der Waals surface area contributed by atoms with E-state index in [4.69, 9.17) is 9.84 Å². The number of carbonyl (C=O) groups is 1. The summed E-state index contributed by atoms with van der Waals surface area (Å²) >= 11 is 0. The van der Waals surface area contributed by atoms with Crippen molar-refractivity contribution in [2.75, 3.05) is 7.11 Å². The predicted molar refractivity (Wildman–Crippen MR) is 111 cm³/mol. The highest BCUT2D eigenvalue weighted by Crippen LogP contribution is 2.34. The number of aryl methyl sites for hydroxylation is 1. The summed E-state index contributed by atoms with van der Waals surface area (Å²) in [6.45, 7) is 2.01. The quantitative estimate of drug-likeness (QED) is 0.649. The first-order chi connectivity index (χ1) is 13.7. The van der Waals surface area contributed by atoms with Gasteiger partial charge in [-0.2, -0.15) is 5.10 Å². The lowest BCUT2D eigenvalue weighted by molar-refractivity contribution is 0.0711. The zero-order valence-corrected chi connectivity index (χ0v) is 16.0. The molecule has 0 saturated carbocycles. The highest BCUT2D eigenvalue weighted by atomic mass is 16.5. The number of nitrogens with zero attached hydrogens (tertiary/aromatic N) is 2. The molecule has 0 aliphatic carbocycles. The molecule has 0 fully saturated rings. The van der Waals surface area contributed by atoms with Gasteiger partial charge >= 0.3 is 0 Å². The van der Waals surface area contributed by atoms with Crippen LogP contribution in [0.5, 0.6) is 5.75 Å². The maximum atomic E-state index is 13.2. The van der Waals surface area contributed by atoms with E-state index in [1.807, 2.05) is 85.8 Å². The monoisotopic (exact) mass is 370 g/mol. The minimum atomic E-state index is -0.144. The fraction of sp³-hybridized carbons (Fsp3) is 0.167. The standard InChI is InChI=1S/C24H22N2O2/c1-17-8-10-20(11-9-17)24(27)26-23(19-12-14-21(28-2)15-13-19)16-22(25-26)18-6-4-3-5-7-18/h3-15,23H,16H2,1-2H3/t23-/m1/s1.